The molecule has 0 unspecified atom stereocenters. The molecule has 40 valence electrons. The summed E-state index contributed by atoms with van der Waals surface area (Å²) in [6.07, 6.45) is 2.81. The van der Waals surface area contributed by atoms with Crippen LogP contribution in [0.15, 0.2) is 18.3 Å². The van der Waals surface area contributed by atoms with Crippen molar-refractivity contribution in [2.45, 2.75) is 0 Å². The van der Waals surface area contributed by atoms with Crippen LogP contribution in [0, 0.1) is 0 Å². The van der Waals surface area contributed by atoms with Crippen molar-refractivity contribution in [3.8, 4) is 0 Å². The van der Waals surface area contributed by atoms with E-state index in [-0.39, 0.29) is 0 Å². The van der Waals surface area contributed by atoms with Gasteiger partial charge in [-0.05, 0) is 5.73 Å². The lowest BCUT2D eigenvalue weighted by atomic mass is 10.9. The Morgan fingerprint density at radius 3 is 1.86 bits per heavy atom. The Labute approximate surface area is 43.0 Å². The molecule has 7 heavy (non-hydrogen) atoms. The molecule has 0 saturated carbocycles. The Hall–Kier alpha value is -0.880. The van der Waals surface area contributed by atoms with E-state index in [2.05, 4.69) is 15.2 Å². The minimum absolute atomic E-state index is 1.41. The largest absolute Gasteiger partial charge is 0.496 e. The van der Waals surface area contributed by atoms with E-state index in [4.69, 9.17) is 0 Å². The highest BCUT2D eigenvalue weighted by Crippen LogP contribution is 1.66. The van der Waals surface area contributed by atoms with Crippen molar-refractivity contribution in [2.24, 2.45) is 0 Å². The van der Waals surface area contributed by atoms with Crippen LogP contribution in [0.4, 0.5) is 0 Å². The first-order valence-corrected chi connectivity index (χ1v) is 1.87. The van der Waals surface area contributed by atoms with Gasteiger partial charge in [-0.1, -0.05) is 0 Å². The SMILES string of the molecule is COC=C=COC. The topological polar surface area (TPSA) is 18.5 Å². The molecular weight excluding hydrogens is 92.1 g/mol. The molecule has 0 aliphatic rings. The van der Waals surface area contributed by atoms with Crippen molar-refractivity contribution in [3.05, 3.63) is 18.3 Å². The van der Waals surface area contributed by atoms with Gasteiger partial charge in [0.25, 0.3) is 0 Å². The molecule has 0 radical (unpaired) electrons. The Balaban J connectivity index is 3.21. The van der Waals surface area contributed by atoms with Gasteiger partial charge in [0.2, 0.25) is 0 Å². The average molecular weight is 100 g/mol. The molecule has 0 bridgehead atoms. The molecule has 0 heterocycles. The van der Waals surface area contributed by atoms with Gasteiger partial charge in [0, 0.05) is 0 Å². The van der Waals surface area contributed by atoms with E-state index in [0.29, 0.717) is 0 Å². The first-order chi connectivity index (χ1) is 3.41. The minimum Gasteiger partial charge on any atom is -0.496 e. The van der Waals surface area contributed by atoms with E-state index >= 15 is 0 Å². The highest BCUT2D eigenvalue weighted by molar-refractivity contribution is 4.69. The van der Waals surface area contributed by atoms with E-state index in [1.54, 1.807) is 14.2 Å². The molecule has 0 aromatic rings. The van der Waals surface area contributed by atoms with Gasteiger partial charge in [-0.25, -0.2) is 0 Å². The fourth-order valence-corrected chi connectivity index (χ4v) is 0.164. The molecule has 0 N–H and O–H groups in total. The molecule has 0 aliphatic heterocycles. The van der Waals surface area contributed by atoms with Crippen LogP contribution in [0.5, 0.6) is 0 Å². The Kier molecular flexibility index (Phi) is 4.48. The summed E-state index contributed by atoms with van der Waals surface area (Å²) in [7, 11) is 3.10. The number of rotatable bonds is 2. The standard InChI is InChI=1S/C5H8O2/c1-6-4-3-5-7-2/h4-5H,1-2H3. The molecule has 2 nitrogen and oxygen atoms in total. The van der Waals surface area contributed by atoms with Crippen molar-refractivity contribution >= 4 is 0 Å². The molecule has 0 saturated heterocycles. The summed E-state index contributed by atoms with van der Waals surface area (Å²) in [6, 6.07) is 0. The van der Waals surface area contributed by atoms with Crippen LogP contribution in [0.25, 0.3) is 0 Å². The van der Waals surface area contributed by atoms with Crippen molar-refractivity contribution < 1.29 is 9.47 Å². The quantitative estimate of drug-likeness (QED) is 0.379. The third-order valence-electron chi connectivity index (χ3n) is 0.372. The van der Waals surface area contributed by atoms with Gasteiger partial charge < -0.3 is 9.47 Å². The van der Waals surface area contributed by atoms with Gasteiger partial charge in [-0.2, -0.15) is 0 Å². The fraction of sp³-hybridized carbons (Fsp3) is 0.400. The normalized spacial score (nSPS) is 6.00. The van der Waals surface area contributed by atoms with Gasteiger partial charge in [0.1, 0.15) is 12.5 Å². The van der Waals surface area contributed by atoms with E-state index < -0.39 is 0 Å². The molecule has 0 atom stereocenters. The molecule has 0 aromatic heterocycles. The van der Waals surface area contributed by atoms with Gasteiger partial charge in [0.05, 0.1) is 14.2 Å². The maximum absolute atomic E-state index is 4.50. The maximum Gasteiger partial charge on any atom is 0.128 e. The van der Waals surface area contributed by atoms with Crippen molar-refractivity contribution in [1.29, 1.82) is 0 Å². The monoisotopic (exact) mass is 100 g/mol. The van der Waals surface area contributed by atoms with Crippen LogP contribution in [-0.2, 0) is 9.47 Å². The molecular formula is C5H8O2. The van der Waals surface area contributed by atoms with Gasteiger partial charge in [0.15, 0.2) is 0 Å². The summed E-state index contributed by atoms with van der Waals surface area (Å²) >= 11 is 0. The molecule has 0 rings (SSSR count). The lowest BCUT2D eigenvalue weighted by molar-refractivity contribution is 0.326. The second kappa shape index (κ2) is 5.12. The van der Waals surface area contributed by atoms with Crippen LogP contribution in [-0.4, -0.2) is 14.2 Å². The zero-order valence-corrected chi connectivity index (χ0v) is 4.47. The zero-order valence-electron chi connectivity index (χ0n) is 4.47. The molecule has 0 fully saturated rings. The van der Waals surface area contributed by atoms with E-state index in [0.717, 1.165) is 0 Å². The summed E-state index contributed by atoms with van der Waals surface area (Å²) in [5.41, 5.74) is 2.59. The predicted molar refractivity (Wildman–Crippen MR) is 26.7 cm³/mol. The summed E-state index contributed by atoms with van der Waals surface area (Å²) in [5, 5.41) is 0. The lowest BCUT2D eigenvalue weighted by Gasteiger charge is -1.78. The number of hydrogen-bond donors (Lipinski definition) is 0. The highest BCUT2D eigenvalue weighted by Gasteiger charge is 1.52. The van der Waals surface area contributed by atoms with Crippen LogP contribution < -0.4 is 0 Å². The van der Waals surface area contributed by atoms with Gasteiger partial charge in [-0.3, -0.25) is 0 Å². The molecule has 0 spiro atoms. The van der Waals surface area contributed by atoms with Gasteiger partial charge >= 0.3 is 0 Å². The molecule has 0 amide bonds. The second-order valence-corrected chi connectivity index (χ2v) is 0.874. The van der Waals surface area contributed by atoms with Crippen molar-refractivity contribution in [3.63, 3.8) is 0 Å². The number of methoxy groups -OCH3 is 2. The Morgan fingerprint density at radius 1 is 1.14 bits per heavy atom. The predicted octanol–water partition coefficient (Wildman–Crippen LogP) is 0.905. The molecule has 2 heteroatoms. The molecule has 0 aliphatic carbocycles. The number of ether oxygens (including phenoxy) is 2. The summed E-state index contributed by atoms with van der Waals surface area (Å²) < 4.78 is 8.99. The van der Waals surface area contributed by atoms with E-state index in [1.807, 2.05) is 0 Å². The van der Waals surface area contributed by atoms with Crippen molar-refractivity contribution in [2.75, 3.05) is 14.2 Å². The fourth-order valence-electron chi connectivity index (χ4n) is 0.164. The highest BCUT2D eigenvalue weighted by atomic mass is 16.5. The van der Waals surface area contributed by atoms with Crippen molar-refractivity contribution in [1.82, 2.24) is 0 Å². The summed E-state index contributed by atoms with van der Waals surface area (Å²) in [4.78, 5) is 0. The third-order valence-corrected chi connectivity index (χ3v) is 0.372. The van der Waals surface area contributed by atoms with Crippen LogP contribution >= 0.6 is 0 Å². The summed E-state index contributed by atoms with van der Waals surface area (Å²) in [5.74, 6) is 0. The first kappa shape index (κ1) is 6.12. The van der Waals surface area contributed by atoms with Crippen LogP contribution in [0.1, 0.15) is 0 Å². The summed E-state index contributed by atoms with van der Waals surface area (Å²) in [6.45, 7) is 0. The average Bonchev–Trinajstić information content (AvgIpc) is 1.69. The number of hydrogen-bond acceptors (Lipinski definition) is 2. The van der Waals surface area contributed by atoms with Crippen LogP contribution in [0.2, 0.25) is 0 Å². The van der Waals surface area contributed by atoms with E-state index in [9.17, 15) is 0 Å². The Bertz CT molecular complexity index is 72.1. The minimum atomic E-state index is 1.41. The zero-order chi connectivity index (χ0) is 5.54. The first-order valence-electron chi connectivity index (χ1n) is 1.87. The van der Waals surface area contributed by atoms with Crippen LogP contribution in [0.3, 0.4) is 0 Å². The smallest absolute Gasteiger partial charge is 0.128 e. The molecule has 0 aromatic carbocycles. The Morgan fingerprint density at radius 2 is 1.57 bits per heavy atom. The lowest BCUT2D eigenvalue weighted by Crippen LogP contribution is -1.61. The maximum atomic E-state index is 4.50. The second-order valence-electron chi connectivity index (χ2n) is 0.874. The third kappa shape index (κ3) is 5.12. The van der Waals surface area contributed by atoms with Gasteiger partial charge in [-0.15, -0.1) is 0 Å². The van der Waals surface area contributed by atoms with E-state index in [1.165, 1.54) is 12.5 Å².